The van der Waals surface area contributed by atoms with E-state index in [2.05, 4.69) is 17.6 Å². The van der Waals surface area contributed by atoms with Gasteiger partial charge in [0.05, 0.1) is 14.2 Å². The number of ether oxygens (including phenoxy) is 2. The fraction of sp³-hybridized carbons (Fsp3) is 0.667. The Kier molecular flexibility index (Phi) is 9.61. The van der Waals surface area contributed by atoms with E-state index in [1.807, 2.05) is 25.1 Å². The molecule has 0 bridgehead atoms. The second kappa shape index (κ2) is 11.9. The van der Waals surface area contributed by atoms with Crippen molar-refractivity contribution in [3.05, 3.63) is 23.8 Å². The standard InChI is InChI=1S/C21H35N3O3S/c1-5-22-21(24-17-8-7-9-18(15-17)28(25)6-2)23-13-12-16-10-11-19(26-3)20(14-16)27-4/h10-11,14,17-18H,5-9,12-13,15H2,1-4H3,(H2,22,23,24). The van der Waals surface area contributed by atoms with Crippen LogP contribution in [-0.4, -0.2) is 54.5 Å². The van der Waals surface area contributed by atoms with Gasteiger partial charge in [-0.2, -0.15) is 0 Å². The zero-order chi connectivity index (χ0) is 20.4. The molecule has 0 aliphatic heterocycles. The average Bonchev–Trinajstić information content (AvgIpc) is 2.73. The van der Waals surface area contributed by atoms with Crippen LogP contribution in [0.2, 0.25) is 0 Å². The predicted octanol–water partition coefficient (Wildman–Crippen LogP) is 2.88. The third-order valence-corrected chi connectivity index (χ3v) is 6.83. The Morgan fingerprint density at radius 2 is 2.00 bits per heavy atom. The number of hydrogen-bond acceptors (Lipinski definition) is 4. The molecule has 1 fully saturated rings. The molecule has 2 rings (SSSR count). The van der Waals surface area contributed by atoms with E-state index in [1.54, 1.807) is 14.2 Å². The van der Waals surface area contributed by atoms with Crippen LogP contribution in [0.25, 0.3) is 0 Å². The lowest BCUT2D eigenvalue weighted by atomic mass is 9.95. The Morgan fingerprint density at radius 3 is 2.68 bits per heavy atom. The topological polar surface area (TPSA) is 72.0 Å². The van der Waals surface area contributed by atoms with Gasteiger partial charge in [-0.1, -0.05) is 19.4 Å². The van der Waals surface area contributed by atoms with Gasteiger partial charge in [-0.15, -0.1) is 0 Å². The van der Waals surface area contributed by atoms with Crippen LogP contribution in [0.1, 0.15) is 45.1 Å². The van der Waals surface area contributed by atoms with Gasteiger partial charge >= 0.3 is 0 Å². The quantitative estimate of drug-likeness (QED) is 0.485. The highest BCUT2D eigenvalue weighted by Gasteiger charge is 2.26. The van der Waals surface area contributed by atoms with E-state index in [-0.39, 0.29) is 0 Å². The average molecular weight is 410 g/mol. The van der Waals surface area contributed by atoms with Crippen molar-refractivity contribution in [2.75, 3.05) is 33.1 Å². The van der Waals surface area contributed by atoms with Gasteiger partial charge in [0.25, 0.3) is 0 Å². The lowest BCUT2D eigenvalue weighted by molar-refractivity contribution is 0.354. The summed E-state index contributed by atoms with van der Waals surface area (Å²) in [5.41, 5.74) is 1.16. The summed E-state index contributed by atoms with van der Waals surface area (Å²) < 4.78 is 22.8. The molecule has 7 heteroatoms. The van der Waals surface area contributed by atoms with Crippen molar-refractivity contribution in [1.29, 1.82) is 0 Å². The summed E-state index contributed by atoms with van der Waals surface area (Å²) in [6, 6.07) is 6.31. The minimum atomic E-state index is -0.711. The molecule has 0 radical (unpaired) electrons. The fourth-order valence-electron chi connectivity index (χ4n) is 3.60. The van der Waals surface area contributed by atoms with Crippen LogP contribution in [0.3, 0.4) is 0 Å². The number of hydrogen-bond donors (Lipinski definition) is 2. The molecule has 0 saturated heterocycles. The van der Waals surface area contributed by atoms with Gasteiger partial charge in [-0.25, -0.2) is 0 Å². The lowest BCUT2D eigenvalue weighted by Crippen LogP contribution is -2.46. The highest BCUT2D eigenvalue weighted by molar-refractivity contribution is 7.85. The molecule has 1 aromatic carbocycles. The molecular formula is C21H35N3O3S. The van der Waals surface area contributed by atoms with E-state index >= 15 is 0 Å². The first-order valence-corrected chi connectivity index (χ1v) is 11.6. The Bertz CT molecular complexity index is 666. The molecule has 1 aliphatic rings. The Labute approximate surface area is 171 Å². The third-order valence-electron chi connectivity index (χ3n) is 5.09. The summed E-state index contributed by atoms with van der Waals surface area (Å²) in [5, 5.41) is 7.20. The van der Waals surface area contributed by atoms with Crippen LogP contribution in [0.15, 0.2) is 23.2 Å². The summed E-state index contributed by atoms with van der Waals surface area (Å²) in [5.74, 6) is 3.07. The summed E-state index contributed by atoms with van der Waals surface area (Å²) in [6.45, 7) is 5.58. The van der Waals surface area contributed by atoms with Crippen molar-refractivity contribution >= 4 is 16.8 Å². The molecule has 3 unspecified atom stereocenters. The summed E-state index contributed by atoms with van der Waals surface area (Å²) >= 11 is 0. The zero-order valence-corrected chi connectivity index (χ0v) is 18.4. The molecule has 6 nitrogen and oxygen atoms in total. The first-order valence-electron chi connectivity index (χ1n) is 10.2. The fourth-order valence-corrected chi connectivity index (χ4v) is 4.94. The summed E-state index contributed by atoms with van der Waals surface area (Å²) in [4.78, 5) is 4.74. The molecule has 1 aliphatic carbocycles. The van der Waals surface area contributed by atoms with Crippen LogP contribution in [0.5, 0.6) is 11.5 Å². The number of nitrogens with zero attached hydrogens (tertiary/aromatic N) is 1. The highest BCUT2D eigenvalue weighted by atomic mass is 32.2. The molecule has 28 heavy (non-hydrogen) atoms. The molecule has 0 spiro atoms. The molecule has 3 atom stereocenters. The van der Waals surface area contributed by atoms with Gasteiger partial charge in [-0.05, 0) is 50.3 Å². The molecule has 1 saturated carbocycles. The normalized spacial score (nSPS) is 21.1. The molecule has 0 heterocycles. The number of guanidine groups is 1. The van der Waals surface area contributed by atoms with E-state index < -0.39 is 10.8 Å². The van der Waals surface area contributed by atoms with Gasteiger partial charge < -0.3 is 20.1 Å². The first-order chi connectivity index (χ1) is 13.6. The Morgan fingerprint density at radius 1 is 1.21 bits per heavy atom. The maximum absolute atomic E-state index is 12.2. The van der Waals surface area contributed by atoms with Crippen LogP contribution >= 0.6 is 0 Å². The van der Waals surface area contributed by atoms with Crippen molar-refractivity contribution in [2.24, 2.45) is 4.99 Å². The molecular weight excluding hydrogens is 374 g/mol. The Balaban J connectivity index is 1.94. The van der Waals surface area contributed by atoms with E-state index in [1.165, 1.54) is 0 Å². The largest absolute Gasteiger partial charge is 0.493 e. The van der Waals surface area contributed by atoms with Gasteiger partial charge in [0.2, 0.25) is 0 Å². The smallest absolute Gasteiger partial charge is 0.191 e. The SMILES string of the molecule is CCNC(=NCCc1ccc(OC)c(OC)c1)NC1CCCC(S(=O)CC)C1. The molecule has 158 valence electrons. The highest BCUT2D eigenvalue weighted by Crippen LogP contribution is 2.27. The van der Waals surface area contributed by atoms with Crippen LogP contribution in [-0.2, 0) is 17.2 Å². The van der Waals surface area contributed by atoms with E-state index in [9.17, 15) is 4.21 Å². The maximum atomic E-state index is 12.2. The van der Waals surface area contributed by atoms with Crippen LogP contribution in [0.4, 0.5) is 0 Å². The van der Waals surface area contributed by atoms with Crippen molar-refractivity contribution in [1.82, 2.24) is 10.6 Å². The van der Waals surface area contributed by atoms with E-state index in [0.717, 1.165) is 67.4 Å². The predicted molar refractivity (Wildman–Crippen MR) is 117 cm³/mol. The second-order valence-corrected chi connectivity index (χ2v) is 9.00. The van der Waals surface area contributed by atoms with Crippen molar-refractivity contribution in [3.8, 4) is 11.5 Å². The molecule has 0 aromatic heterocycles. The first kappa shape index (κ1) is 22.5. The Hall–Kier alpha value is -1.76. The van der Waals surface area contributed by atoms with Gasteiger partial charge in [0, 0.05) is 40.9 Å². The van der Waals surface area contributed by atoms with E-state index in [4.69, 9.17) is 14.5 Å². The van der Waals surface area contributed by atoms with Crippen molar-refractivity contribution in [2.45, 2.75) is 57.2 Å². The van der Waals surface area contributed by atoms with Gasteiger partial charge in [0.15, 0.2) is 17.5 Å². The van der Waals surface area contributed by atoms with Crippen LogP contribution < -0.4 is 20.1 Å². The van der Waals surface area contributed by atoms with Gasteiger partial charge in [-0.3, -0.25) is 9.20 Å². The third kappa shape index (κ3) is 6.69. The molecule has 2 N–H and O–H groups in total. The van der Waals surface area contributed by atoms with E-state index in [0.29, 0.717) is 17.8 Å². The molecule has 1 aromatic rings. The maximum Gasteiger partial charge on any atom is 0.191 e. The number of methoxy groups -OCH3 is 2. The van der Waals surface area contributed by atoms with Crippen LogP contribution in [0, 0.1) is 0 Å². The van der Waals surface area contributed by atoms with Gasteiger partial charge in [0.1, 0.15) is 0 Å². The minimum absolute atomic E-state index is 0.311. The lowest BCUT2D eigenvalue weighted by Gasteiger charge is -2.30. The second-order valence-electron chi connectivity index (χ2n) is 7.00. The number of benzene rings is 1. The number of aliphatic imine (C=N–C) groups is 1. The summed E-state index contributed by atoms with van der Waals surface area (Å²) in [6.07, 6.45) is 5.09. The number of nitrogens with one attached hydrogen (secondary N) is 2. The van der Waals surface area contributed by atoms with Crippen molar-refractivity contribution < 1.29 is 13.7 Å². The summed E-state index contributed by atoms with van der Waals surface area (Å²) in [7, 11) is 2.58. The number of rotatable bonds is 9. The monoisotopic (exact) mass is 409 g/mol. The minimum Gasteiger partial charge on any atom is -0.493 e. The molecule has 0 amide bonds. The zero-order valence-electron chi connectivity index (χ0n) is 17.6. The van der Waals surface area contributed by atoms with Crippen molar-refractivity contribution in [3.63, 3.8) is 0 Å².